The average Bonchev–Trinajstić information content (AvgIpc) is 2.64. The van der Waals surface area contributed by atoms with Gasteiger partial charge >= 0.3 is 6.18 Å². The van der Waals surface area contributed by atoms with Gasteiger partial charge in [-0.15, -0.1) is 0 Å². The molecule has 0 spiro atoms. The van der Waals surface area contributed by atoms with E-state index in [9.17, 15) is 18.0 Å². The van der Waals surface area contributed by atoms with Crippen LogP contribution in [0.2, 0.25) is 0 Å². The van der Waals surface area contributed by atoms with Gasteiger partial charge in [-0.05, 0) is 43.5 Å². The van der Waals surface area contributed by atoms with Gasteiger partial charge in [-0.3, -0.25) is 9.69 Å². The summed E-state index contributed by atoms with van der Waals surface area (Å²) in [5.41, 5.74) is 1.90. The third kappa shape index (κ3) is 4.47. The quantitative estimate of drug-likeness (QED) is 0.886. The SMILES string of the molecule is Cc1nc(C(F)(F)F)ccc1C(=O)NCC(C)N1CCc2ccccc2C1. The van der Waals surface area contributed by atoms with Crippen molar-refractivity contribution in [3.8, 4) is 0 Å². The van der Waals surface area contributed by atoms with E-state index in [0.29, 0.717) is 6.54 Å². The van der Waals surface area contributed by atoms with E-state index >= 15 is 0 Å². The first-order valence-corrected chi connectivity index (χ1v) is 8.89. The molecule has 4 nitrogen and oxygen atoms in total. The topological polar surface area (TPSA) is 45.2 Å². The highest BCUT2D eigenvalue weighted by atomic mass is 19.4. The number of carbonyl (C=O) groups excluding carboxylic acids is 1. The fourth-order valence-corrected chi connectivity index (χ4v) is 3.32. The van der Waals surface area contributed by atoms with Gasteiger partial charge in [0.25, 0.3) is 5.91 Å². The van der Waals surface area contributed by atoms with Crippen molar-refractivity contribution in [3.05, 3.63) is 64.5 Å². The number of alkyl halides is 3. The van der Waals surface area contributed by atoms with E-state index < -0.39 is 17.8 Å². The summed E-state index contributed by atoms with van der Waals surface area (Å²) in [5.74, 6) is -0.405. The Morgan fingerprint density at radius 1 is 1.22 bits per heavy atom. The number of hydrogen-bond acceptors (Lipinski definition) is 3. The molecule has 0 bridgehead atoms. The molecule has 0 radical (unpaired) electrons. The van der Waals surface area contributed by atoms with Gasteiger partial charge in [-0.1, -0.05) is 24.3 Å². The average molecular weight is 377 g/mol. The molecule has 1 amide bonds. The first kappa shape index (κ1) is 19.4. The number of hydrogen-bond donors (Lipinski definition) is 1. The lowest BCUT2D eigenvalue weighted by molar-refractivity contribution is -0.141. The Balaban J connectivity index is 1.59. The van der Waals surface area contributed by atoms with Crippen LogP contribution in [0.5, 0.6) is 0 Å². The number of nitrogens with one attached hydrogen (secondary N) is 1. The van der Waals surface area contributed by atoms with Gasteiger partial charge < -0.3 is 5.32 Å². The zero-order valence-corrected chi connectivity index (χ0v) is 15.3. The van der Waals surface area contributed by atoms with Crippen LogP contribution in [0.1, 0.15) is 39.8 Å². The molecule has 2 aromatic rings. The van der Waals surface area contributed by atoms with Crippen LogP contribution in [0, 0.1) is 6.92 Å². The Kier molecular flexibility index (Phi) is 5.51. The first-order chi connectivity index (χ1) is 12.8. The Hall–Kier alpha value is -2.41. The molecule has 0 aliphatic carbocycles. The number of halogens is 3. The largest absolute Gasteiger partial charge is 0.433 e. The van der Waals surface area contributed by atoms with Crippen LogP contribution in [-0.4, -0.2) is 34.9 Å². The predicted molar refractivity (Wildman–Crippen MR) is 96.3 cm³/mol. The van der Waals surface area contributed by atoms with Gasteiger partial charge in [-0.25, -0.2) is 4.98 Å². The molecular formula is C20H22F3N3O. The van der Waals surface area contributed by atoms with Gasteiger partial charge in [0.05, 0.1) is 11.3 Å². The normalized spacial score (nSPS) is 15.9. The van der Waals surface area contributed by atoms with Gasteiger partial charge in [0, 0.05) is 25.7 Å². The third-order valence-corrected chi connectivity index (χ3v) is 4.96. The van der Waals surface area contributed by atoms with E-state index in [-0.39, 0.29) is 17.3 Å². The Bertz CT molecular complexity index is 835. The maximum atomic E-state index is 12.7. The fourth-order valence-electron chi connectivity index (χ4n) is 3.32. The van der Waals surface area contributed by atoms with Crippen molar-refractivity contribution in [2.24, 2.45) is 0 Å². The van der Waals surface area contributed by atoms with E-state index in [1.54, 1.807) is 0 Å². The monoisotopic (exact) mass is 377 g/mol. The molecular weight excluding hydrogens is 355 g/mol. The van der Waals surface area contributed by atoms with E-state index in [4.69, 9.17) is 0 Å². The molecule has 0 fully saturated rings. The third-order valence-electron chi connectivity index (χ3n) is 4.96. The van der Waals surface area contributed by atoms with Crippen molar-refractivity contribution in [1.29, 1.82) is 0 Å². The molecule has 1 aromatic heterocycles. The Morgan fingerprint density at radius 3 is 2.59 bits per heavy atom. The van der Waals surface area contributed by atoms with Gasteiger partial charge in [0.1, 0.15) is 5.69 Å². The van der Waals surface area contributed by atoms with Gasteiger partial charge in [-0.2, -0.15) is 13.2 Å². The standard InChI is InChI=1S/C20H22F3N3O/c1-13(26-10-9-15-5-3-4-6-16(15)12-26)11-24-19(27)17-7-8-18(20(21,22)23)25-14(17)2/h3-8,13H,9-12H2,1-2H3,(H,24,27). The maximum absolute atomic E-state index is 12.7. The van der Waals surface area contributed by atoms with Crippen molar-refractivity contribution >= 4 is 5.91 Å². The lowest BCUT2D eigenvalue weighted by atomic mass is 9.99. The highest BCUT2D eigenvalue weighted by Crippen LogP contribution is 2.28. The molecule has 1 aliphatic rings. The number of aromatic nitrogens is 1. The molecule has 0 saturated heterocycles. The molecule has 2 heterocycles. The van der Waals surface area contributed by atoms with Crippen molar-refractivity contribution in [3.63, 3.8) is 0 Å². The Morgan fingerprint density at radius 2 is 1.93 bits per heavy atom. The first-order valence-electron chi connectivity index (χ1n) is 8.89. The molecule has 1 N–H and O–H groups in total. The predicted octanol–water partition coefficient (Wildman–Crippen LogP) is 3.59. The number of fused-ring (bicyclic) bond motifs is 1. The number of rotatable bonds is 4. The highest BCUT2D eigenvalue weighted by molar-refractivity contribution is 5.95. The van der Waals surface area contributed by atoms with E-state index in [0.717, 1.165) is 25.6 Å². The number of aryl methyl sites for hydroxylation is 1. The molecule has 27 heavy (non-hydrogen) atoms. The Labute approximate surface area is 156 Å². The summed E-state index contributed by atoms with van der Waals surface area (Å²) < 4.78 is 38.1. The number of pyridine rings is 1. The van der Waals surface area contributed by atoms with E-state index in [2.05, 4.69) is 27.3 Å². The summed E-state index contributed by atoms with van der Waals surface area (Å²) in [7, 11) is 0. The summed E-state index contributed by atoms with van der Waals surface area (Å²) in [6.07, 6.45) is -3.55. The van der Waals surface area contributed by atoms with Crippen LogP contribution in [0.15, 0.2) is 36.4 Å². The van der Waals surface area contributed by atoms with Crippen LogP contribution in [-0.2, 0) is 19.1 Å². The van der Waals surface area contributed by atoms with Gasteiger partial charge in [0.2, 0.25) is 0 Å². The molecule has 0 saturated carbocycles. The van der Waals surface area contributed by atoms with Gasteiger partial charge in [0.15, 0.2) is 0 Å². The molecule has 3 rings (SSSR count). The molecule has 144 valence electrons. The summed E-state index contributed by atoms with van der Waals surface area (Å²) >= 11 is 0. The lowest BCUT2D eigenvalue weighted by Gasteiger charge is -2.33. The second kappa shape index (κ2) is 7.68. The minimum Gasteiger partial charge on any atom is -0.350 e. The van der Waals surface area contributed by atoms with Crippen LogP contribution in [0.4, 0.5) is 13.2 Å². The minimum absolute atomic E-state index is 0.0712. The van der Waals surface area contributed by atoms with E-state index in [1.165, 1.54) is 24.1 Å². The van der Waals surface area contributed by atoms with E-state index in [1.807, 2.05) is 19.1 Å². The fraction of sp³-hybridized carbons (Fsp3) is 0.400. The maximum Gasteiger partial charge on any atom is 0.433 e. The summed E-state index contributed by atoms with van der Waals surface area (Å²) in [6.45, 7) is 5.60. The lowest BCUT2D eigenvalue weighted by Crippen LogP contribution is -2.44. The molecule has 1 atom stereocenters. The van der Waals surface area contributed by atoms with Crippen molar-refractivity contribution in [2.45, 2.75) is 39.0 Å². The molecule has 1 aliphatic heterocycles. The molecule has 1 aromatic carbocycles. The highest BCUT2D eigenvalue weighted by Gasteiger charge is 2.33. The molecule has 7 heteroatoms. The number of carbonyl (C=O) groups is 1. The zero-order chi connectivity index (χ0) is 19.6. The van der Waals surface area contributed by atoms with Crippen LogP contribution in [0.3, 0.4) is 0 Å². The minimum atomic E-state index is -4.52. The zero-order valence-electron chi connectivity index (χ0n) is 15.3. The molecule has 1 unspecified atom stereocenters. The second-order valence-corrected chi connectivity index (χ2v) is 6.88. The number of nitrogens with zero attached hydrogens (tertiary/aromatic N) is 2. The van der Waals surface area contributed by atoms with Crippen LogP contribution >= 0.6 is 0 Å². The smallest absolute Gasteiger partial charge is 0.350 e. The summed E-state index contributed by atoms with van der Waals surface area (Å²) in [6, 6.07) is 10.5. The van der Waals surface area contributed by atoms with Crippen molar-refractivity contribution in [1.82, 2.24) is 15.2 Å². The van der Waals surface area contributed by atoms with Crippen molar-refractivity contribution < 1.29 is 18.0 Å². The van der Waals surface area contributed by atoms with Crippen molar-refractivity contribution in [2.75, 3.05) is 13.1 Å². The van der Waals surface area contributed by atoms with Crippen LogP contribution < -0.4 is 5.32 Å². The summed E-state index contributed by atoms with van der Waals surface area (Å²) in [5, 5.41) is 2.82. The van der Waals surface area contributed by atoms with Crippen LogP contribution in [0.25, 0.3) is 0 Å². The number of amides is 1. The summed E-state index contributed by atoms with van der Waals surface area (Å²) in [4.78, 5) is 18.2. The second-order valence-electron chi connectivity index (χ2n) is 6.88. The number of benzene rings is 1.